The molecular formula is C15H16N2O4S2. The van der Waals surface area contributed by atoms with Gasteiger partial charge in [0.2, 0.25) is 5.91 Å². The Balaban J connectivity index is 1.61. The molecule has 1 aromatic carbocycles. The predicted molar refractivity (Wildman–Crippen MR) is 86.9 cm³/mol. The van der Waals surface area contributed by atoms with Crippen molar-refractivity contribution in [2.75, 3.05) is 13.2 Å². The molecule has 0 aliphatic carbocycles. The third kappa shape index (κ3) is 3.72. The summed E-state index contributed by atoms with van der Waals surface area (Å²) >= 11 is 1.11. The summed E-state index contributed by atoms with van der Waals surface area (Å²) in [5.74, 6) is 0.384. The molecule has 1 amide bonds. The Bertz CT molecular complexity index is 788. The van der Waals surface area contributed by atoms with Crippen LogP contribution in [-0.2, 0) is 14.8 Å². The minimum Gasteiger partial charge on any atom is -0.493 e. The lowest BCUT2D eigenvalue weighted by atomic mass is 10.0. The lowest BCUT2D eigenvalue weighted by molar-refractivity contribution is -0.120. The molecule has 122 valence electrons. The molecule has 2 heterocycles. The first-order valence-electron chi connectivity index (χ1n) is 7.10. The van der Waals surface area contributed by atoms with Crippen molar-refractivity contribution in [1.82, 2.24) is 10.0 Å². The first-order valence-corrected chi connectivity index (χ1v) is 9.47. The standard InChI is InChI=1S/C15H16N2O4S2/c18-14(10-16-23(19,20)15-6-3-9-22-15)17-12-7-8-21-13-5-2-1-4-11(12)13/h1-6,9,12,16H,7-8,10H2,(H,17,18). The topological polar surface area (TPSA) is 84.5 Å². The number of rotatable bonds is 5. The number of carbonyl (C=O) groups excluding carboxylic acids is 1. The van der Waals surface area contributed by atoms with Gasteiger partial charge in [0.1, 0.15) is 9.96 Å². The largest absolute Gasteiger partial charge is 0.493 e. The van der Waals surface area contributed by atoms with Crippen molar-refractivity contribution in [2.45, 2.75) is 16.7 Å². The molecular weight excluding hydrogens is 336 g/mol. The normalized spacial score (nSPS) is 17.1. The lowest BCUT2D eigenvalue weighted by Gasteiger charge is -2.26. The van der Waals surface area contributed by atoms with Crippen LogP contribution < -0.4 is 14.8 Å². The number of carbonyl (C=O) groups is 1. The van der Waals surface area contributed by atoms with Crippen molar-refractivity contribution in [2.24, 2.45) is 0 Å². The molecule has 0 fully saturated rings. The molecule has 1 unspecified atom stereocenters. The van der Waals surface area contributed by atoms with E-state index < -0.39 is 10.0 Å². The van der Waals surface area contributed by atoms with E-state index in [4.69, 9.17) is 4.74 Å². The Morgan fingerprint density at radius 3 is 2.87 bits per heavy atom. The van der Waals surface area contributed by atoms with E-state index in [1.165, 1.54) is 6.07 Å². The second-order valence-electron chi connectivity index (χ2n) is 5.05. The minimum absolute atomic E-state index is 0.168. The van der Waals surface area contributed by atoms with E-state index in [-0.39, 0.29) is 22.7 Å². The van der Waals surface area contributed by atoms with Crippen LogP contribution in [0.25, 0.3) is 0 Å². The Morgan fingerprint density at radius 1 is 1.26 bits per heavy atom. The van der Waals surface area contributed by atoms with Gasteiger partial charge in [0.25, 0.3) is 10.0 Å². The molecule has 8 heteroatoms. The van der Waals surface area contributed by atoms with Crippen LogP contribution in [0.5, 0.6) is 5.75 Å². The second-order valence-corrected chi connectivity index (χ2v) is 7.99. The van der Waals surface area contributed by atoms with E-state index in [9.17, 15) is 13.2 Å². The molecule has 0 spiro atoms. The number of ether oxygens (including phenoxy) is 1. The quantitative estimate of drug-likeness (QED) is 0.857. The third-order valence-electron chi connectivity index (χ3n) is 3.48. The fraction of sp³-hybridized carbons (Fsp3) is 0.267. The van der Waals surface area contributed by atoms with E-state index in [2.05, 4.69) is 10.0 Å². The van der Waals surface area contributed by atoms with E-state index in [0.29, 0.717) is 13.0 Å². The SMILES string of the molecule is O=C(CNS(=O)(=O)c1cccs1)NC1CCOc2ccccc21. The first kappa shape index (κ1) is 16.0. The number of benzene rings is 1. The Labute approximate surface area is 138 Å². The van der Waals surface area contributed by atoms with Crippen LogP contribution >= 0.6 is 11.3 Å². The smallest absolute Gasteiger partial charge is 0.250 e. The third-order valence-corrected chi connectivity index (χ3v) is 6.28. The maximum absolute atomic E-state index is 12.1. The predicted octanol–water partition coefficient (Wildman–Crippen LogP) is 1.67. The number of nitrogens with one attached hydrogen (secondary N) is 2. The van der Waals surface area contributed by atoms with E-state index >= 15 is 0 Å². The van der Waals surface area contributed by atoms with Crippen LogP contribution in [0.2, 0.25) is 0 Å². The lowest BCUT2D eigenvalue weighted by Crippen LogP contribution is -2.39. The first-order chi connectivity index (χ1) is 11.1. The van der Waals surface area contributed by atoms with Gasteiger partial charge >= 0.3 is 0 Å². The maximum Gasteiger partial charge on any atom is 0.250 e. The molecule has 1 atom stereocenters. The molecule has 1 aromatic heterocycles. The van der Waals surface area contributed by atoms with Gasteiger partial charge in [0, 0.05) is 12.0 Å². The average Bonchev–Trinajstić information content (AvgIpc) is 3.09. The van der Waals surface area contributed by atoms with Crippen LogP contribution in [0.3, 0.4) is 0 Å². The van der Waals surface area contributed by atoms with Crippen LogP contribution in [0.15, 0.2) is 46.0 Å². The molecule has 2 aromatic rings. The van der Waals surface area contributed by atoms with Crippen molar-refractivity contribution >= 4 is 27.3 Å². The molecule has 6 nitrogen and oxygen atoms in total. The van der Waals surface area contributed by atoms with Gasteiger partial charge in [-0.25, -0.2) is 13.1 Å². The fourth-order valence-corrected chi connectivity index (χ4v) is 4.41. The highest BCUT2D eigenvalue weighted by Gasteiger charge is 2.23. The molecule has 1 aliphatic rings. The monoisotopic (exact) mass is 352 g/mol. The summed E-state index contributed by atoms with van der Waals surface area (Å²) in [6.07, 6.45) is 0.653. The molecule has 2 N–H and O–H groups in total. The fourth-order valence-electron chi connectivity index (χ4n) is 2.39. The number of fused-ring (bicyclic) bond motifs is 1. The van der Waals surface area contributed by atoms with Gasteiger partial charge in [-0.05, 0) is 17.5 Å². The molecule has 3 rings (SSSR count). The Hall–Kier alpha value is -1.90. The maximum atomic E-state index is 12.1. The number of hydrogen-bond acceptors (Lipinski definition) is 5. The van der Waals surface area contributed by atoms with Crippen LogP contribution in [-0.4, -0.2) is 27.5 Å². The molecule has 23 heavy (non-hydrogen) atoms. The highest BCUT2D eigenvalue weighted by atomic mass is 32.2. The summed E-state index contributed by atoms with van der Waals surface area (Å²) < 4.78 is 32.0. The molecule has 0 bridgehead atoms. The Kier molecular flexibility index (Phi) is 4.65. The van der Waals surface area contributed by atoms with Gasteiger partial charge in [-0.3, -0.25) is 4.79 Å². The zero-order chi connectivity index (χ0) is 16.3. The molecule has 0 saturated heterocycles. The number of para-hydroxylation sites is 1. The van der Waals surface area contributed by atoms with Crippen molar-refractivity contribution in [3.05, 3.63) is 47.3 Å². The summed E-state index contributed by atoms with van der Waals surface area (Å²) in [5, 5.41) is 4.52. The average molecular weight is 352 g/mol. The van der Waals surface area contributed by atoms with Crippen molar-refractivity contribution in [1.29, 1.82) is 0 Å². The number of thiophene rings is 1. The summed E-state index contributed by atoms with van der Waals surface area (Å²) in [6, 6.07) is 10.5. The summed E-state index contributed by atoms with van der Waals surface area (Å²) in [6.45, 7) is 0.225. The van der Waals surface area contributed by atoms with Crippen molar-refractivity contribution < 1.29 is 17.9 Å². The summed E-state index contributed by atoms with van der Waals surface area (Å²) in [7, 11) is -3.63. The highest BCUT2D eigenvalue weighted by Crippen LogP contribution is 2.31. The number of hydrogen-bond donors (Lipinski definition) is 2. The Morgan fingerprint density at radius 2 is 2.09 bits per heavy atom. The zero-order valence-corrected chi connectivity index (χ0v) is 13.8. The van der Waals surface area contributed by atoms with Gasteiger partial charge in [-0.15, -0.1) is 11.3 Å². The van der Waals surface area contributed by atoms with Gasteiger partial charge in [0.15, 0.2) is 0 Å². The van der Waals surface area contributed by atoms with Crippen LogP contribution in [0.4, 0.5) is 0 Å². The summed E-state index contributed by atoms with van der Waals surface area (Å²) in [5.41, 5.74) is 0.910. The van der Waals surface area contributed by atoms with E-state index in [0.717, 1.165) is 22.6 Å². The highest BCUT2D eigenvalue weighted by molar-refractivity contribution is 7.91. The zero-order valence-electron chi connectivity index (χ0n) is 12.2. The summed E-state index contributed by atoms with van der Waals surface area (Å²) in [4.78, 5) is 12.1. The number of sulfonamides is 1. The number of amides is 1. The van der Waals surface area contributed by atoms with Gasteiger partial charge in [-0.1, -0.05) is 24.3 Å². The van der Waals surface area contributed by atoms with E-state index in [1.807, 2.05) is 24.3 Å². The van der Waals surface area contributed by atoms with Crippen LogP contribution in [0, 0.1) is 0 Å². The molecule has 1 aliphatic heterocycles. The minimum atomic E-state index is -3.63. The van der Waals surface area contributed by atoms with Gasteiger partial charge < -0.3 is 10.1 Å². The van der Waals surface area contributed by atoms with Gasteiger partial charge in [0.05, 0.1) is 19.2 Å². The van der Waals surface area contributed by atoms with Gasteiger partial charge in [-0.2, -0.15) is 0 Å². The molecule has 0 radical (unpaired) electrons. The van der Waals surface area contributed by atoms with Crippen molar-refractivity contribution in [3.8, 4) is 5.75 Å². The molecule has 0 saturated carbocycles. The van der Waals surface area contributed by atoms with Crippen LogP contribution in [0.1, 0.15) is 18.0 Å². The van der Waals surface area contributed by atoms with Crippen molar-refractivity contribution in [3.63, 3.8) is 0 Å². The van der Waals surface area contributed by atoms with E-state index in [1.54, 1.807) is 11.4 Å². The second kappa shape index (κ2) is 6.69.